The summed E-state index contributed by atoms with van der Waals surface area (Å²) in [6.45, 7) is 0.811. The molecule has 0 aliphatic carbocycles. The SMILES string of the molecule is N#Cc1ccc2nc(C3CCCCO3)[nH]c2c1. The Morgan fingerprint density at radius 2 is 2.35 bits per heavy atom. The summed E-state index contributed by atoms with van der Waals surface area (Å²) in [7, 11) is 0. The maximum absolute atomic E-state index is 8.84. The lowest BCUT2D eigenvalue weighted by Gasteiger charge is -2.20. The molecule has 1 aliphatic heterocycles. The molecule has 1 N–H and O–H groups in total. The number of fused-ring (bicyclic) bond motifs is 1. The van der Waals surface area contributed by atoms with Gasteiger partial charge in [0.1, 0.15) is 11.9 Å². The molecule has 0 spiro atoms. The number of ether oxygens (including phenoxy) is 1. The van der Waals surface area contributed by atoms with Gasteiger partial charge in [0, 0.05) is 6.61 Å². The number of hydrogen-bond acceptors (Lipinski definition) is 3. The molecule has 1 aromatic carbocycles. The smallest absolute Gasteiger partial charge is 0.136 e. The van der Waals surface area contributed by atoms with E-state index >= 15 is 0 Å². The number of nitrogens with one attached hydrogen (secondary N) is 1. The number of nitrogens with zero attached hydrogens (tertiary/aromatic N) is 2. The number of benzene rings is 1. The summed E-state index contributed by atoms with van der Waals surface area (Å²) in [5.41, 5.74) is 2.46. The molecular formula is C13H13N3O. The molecule has 0 bridgehead atoms. The maximum atomic E-state index is 8.84. The second kappa shape index (κ2) is 4.19. The van der Waals surface area contributed by atoms with Gasteiger partial charge in [-0.2, -0.15) is 5.26 Å². The topological polar surface area (TPSA) is 61.7 Å². The molecule has 4 heteroatoms. The van der Waals surface area contributed by atoms with Crippen molar-refractivity contribution in [3.05, 3.63) is 29.6 Å². The van der Waals surface area contributed by atoms with E-state index in [1.165, 1.54) is 6.42 Å². The van der Waals surface area contributed by atoms with Crippen LogP contribution in [0.3, 0.4) is 0 Å². The normalized spacial score (nSPS) is 20.3. The fraction of sp³-hybridized carbons (Fsp3) is 0.385. The van der Waals surface area contributed by atoms with Crippen molar-refractivity contribution in [3.63, 3.8) is 0 Å². The lowest BCUT2D eigenvalue weighted by molar-refractivity contribution is 0.0101. The molecule has 1 saturated heterocycles. The van der Waals surface area contributed by atoms with Crippen LogP contribution in [0, 0.1) is 11.3 Å². The van der Waals surface area contributed by atoms with E-state index in [9.17, 15) is 0 Å². The van der Waals surface area contributed by atoms with Crippen molar-refractivity contribution in [2.75, 3.05) is 6.61 Å². The first kappa shape index (κ1) is 10.3. The first-order valence-electron chi connectivity index (χ1n) is 5.88. The highest BCUT2D eigenvalue weighted by Crippen LogP contribution is 2.27. The fourth-order valence-corrected chi connectivity index (χ4v) is 2.21. The Labute approximate surface area is 99.2 Å². The van der Waals surface area contributed by atoms with Gasteiger partial charge in [0.05, 0.1) is 22.7 Å². The monoisotopic (exact) mass is 227 g/mol. The summed E-state index contributed by atoms with van der Waals surface area (Å²) < 4.78 is 5.69. The largest absolute Gasteiger partial charge is 0.370 e. The van der Waals surface area contributed by atoms with Crippen molar-refractivity contribution in [2.45, 2.75) is 25.4 Å². The zero-order valence-corrected chi connectivity index (χ0v) is 9.44. The van der Waals surface area contributed by atoms with E-state index in [-0.39, 0.29) is 6.10 Å². The fourth-order valence-electron chi connectivity index (χ4n) is 2.21. The molecule has 4 nitrogen and oxygen atoms in total. The van der Waals surface area contributed by atoms with Crippen LogP contribution in [0.4, 0.5) is 0 Å². The molecule has 2 aromatic rings. The zero-order valence-electron chi connectivity index (χ0n) is 9.44. The quantitative estimate of drug-likeness (QED) is 0.814. The van der Waals surface area contributed by atoms with Gasteiger partial charge >= 0.3 is 0 Å². The van der Waals surface area contributed by atoms with Crippen LogP contribution in [0.1, 0.15) is 36.8 Å². The average Bonchev–Trinajstić information content (AvgIpc) is 2.82. The number of rotatable bonds is 1. The molecule has 0 saturated carbocycles. The third-order valence-corrected chi connectivity index (χ3v) is 3.11. The number of nitriles is 1. The van der Waals surface area contributed by atoms with Crippen molar-refractivity contribution in [1.29, 1.82) is 5.26 Å². The number of aromatic nitrogens is 2. The molecule has 17 heavy (non-hydrogen) atoms. The molecule has 1 aromatic heterocycles. The lowest BCUT2D eigenvalue weighted by atomic mass is 10.1. The van der Waals surface area contributed by atoms with Crippen molar-refractivity contribution < 1.29 is 4.74 Å². The molecular weight excluding hydrogens is 214 g/mol. The highest BCUT2D eigenvalue weighted by atomic mass is 16.5. The van der Waals surface area contributed by atoms with E-state index in [0.717, 1.165) is 36.3 Å². The third kappa shape index (κ3) is 1.90. The predicted molar refractivity (Wildman–Crippen MR) is 63.4 cm³/mol. The zero-order chi connectivity index (χ0) is 11.7. The van der Waals surface area contributed by atoms with Gasteiger partial charge in [-0.05, 0) is 37.5 Å². The van der Waals surface area contributed by atoms with Crippen molar-refractivity contribution in [1.82, 2.24) is 9.97 Å². The summed E-state index contributed by atoms with van der Waals surface area (Å²) in [6, 6.07) is 7.62. The van der Waals surface area contributed by atoms with Crippen molar-refractivity contribution >= 4 is 11.0 Å². The highest BCUT2D eigenvalue weighted by molar-refractivity contribution is 5.76. The van der Waals surface area contributed by atoms with E-state index in [1.54, 1.807) is 6.07 Å². The minimum atomic E-state index is 0.0849. The Balaban J connectivity index is 1.98. The van der Waals surface area contributed by atoms with E-state index in [4.69, 9.17) is 10.00 Å². The van der Waals surface area contributed by atoms with Gasteiger partial charge in [0.2, 0.25) is 0 Å². The lowest BCUT2D eigenvalue weighted by Crippen LogP contribution is -2.12. The molecule has 1 atom stereocenters. The first-order valence-corrected chi connectivity index (χ1v) is 5.88. The summed E-state index contributed by atoms with van der Waals surface area (Å²) in [5.74, 6) is 0.884. The molecule has 1 unspecified atom stereocenters. The van der Waals surface area contributed by atoms with Crippen LogP contribution in [-0.4, -0.2) is 16.6 Å². The van der Waals surface area contributed by atoms with Crippen LogP contribution < -0.4 is 0 Å². The van der Waals surface area contributed by atoms with Crippen LogP contribution >= 0.6 is 0 Å². The molecule has 3 rings (SSSR count). The van der Waals surface area contributed by atoms with E-state index < -0.39 is 0 Å². The first-order chi connectivity index (χ1) is 8.36. The Hall–Kier alpha value is -1.86. The van der Waals surface area contributed by atoms with Crippen LogP contribution in [0.5, 0.6) is 0 Å². The Bertz CT molecular complexity index is 576. The standard InChI is InChI=1S/C13H13N3O/c14-8-9-4-5-10-11(7-9)16-13(15-10)12-3-1-2-6-17-12/h4-5,7,12H,1-3,6H2,(H,15,16). The van der Waals surface area contributed by atoms with Gasteiger partial charge in [0.25, 0.3) is 0 Å². The van der Waals surface area contributed by atoms with E-state index in [2.05, 4.69) is 16.0 Å². The molecule has 0 radical (unpaired) electrons. The Kier molecular flexibility index (Phi) is 2.54. The maximum Gasteiger partial charge on any atom is 0.136 e. The third-order valence-electron chi connectivity index (χ3n) is 3.11. The second-order valence-corrected chi connectivity index (χ2v) is 4.32. The second-order valence-electron chi connectivity index (χ2n) is 4.32. The summed E-state index contributed by atoms with van der Waals surface area (Å²) in [4.78, 5) is 7.77. The predicted octanol–water partition coefficient (Wildman–Crippen LogP) is 2.68. The van der Waals surface area contributed by atoms with E-state index in [0.29, 0.717) is 5.56 Å². The van der Waals surface area contributed by atoms with E-state index in [1.807, 2.05) is 12.1 Å². The van der Waals surface area contributed by atoms with Gasteiger partial charge < -0.3 is 9.72 Å². The van der Waals surface area contributed by atoms with Gasteiger partial charge in [-0.15, -0.1) is 0 Å². The molecule has 1 fully saturated rings. The average molecular weight is 227 g/mol. The Morgan fingerprint density at radius 3 is 3.12 bits per heavy atom. The summed E-state index contributed by atoms with van der Waals surface area (Å²) >= 11 is 0. The van der Waals surface area contributed by atoms with Gasteiger partial charge in [0.15, 0.2) is 0 Å². The molecule has 2 heterocycles. The van der Waals surface area contributed by atoms with Gasteiger partial charge in [-0.1, -0.05) is 0 Å². The van der Waals surface area contributed by atoms with Gasteiger partial charge in [-0.3, -0.25) is 0 Å². The number of H-pyrrole nitrogens is 1. The molecule has 1 aliphatic rings. The molecule has 0 amide bonds. The van der Waals surface area contributed by atoms with Crippen LogP contribution in [0.2, 0.25) is 0 Å². The van der Waals surface area contributed by atoms with Crippen LogP contribution in [-0.2, 0) is 4.74 Å². The minimum Gasteiger partial charge on any atom is -0.370 e. The highest BCUT2D eigenvalue weighted by Gasteiger charge is 2.19. The van der Waals surface area contributed by atoms with Gasteiger partial charge in [-0.25, -0.2) is 4.98 Å². The van der Waals surface area contributed by atoms with Crippen LogP contribution in [0.25, 0.3) is 11.0 Å². The van der Waals surface area contributed by atoms with Crippen molar-refractivity contribution in [2.24, 2.45) is 0 Å². The number of imidazole rings is 1. The van der Waals surface area contributed by atoms with Crippen LogP contribution in [0.15, 0.2) is 18.2 Å². The number of aromatic amines is 1. The summed E-state index contributed by atoms with van der Waals surface area (Å²) in [5, 5.41) is 8.84. The Morgan fingerprint density at radius 1 is 1.41 bits per heavy atom. The van der Waals surface area contributed by atoms with Crippen molar-refractivity contribution in [3.8, 4) is 6.07 Å². The summed E-state index contributed by atoms with van der Waals surface area (Å²) in [6.07, 6.45) is 3.42. The number of hydrogen-bond donors (Lipinski definition) is 1. The molecule has 86 valence electrons. The minimum absolute atomic E-state index is 0.0849.